The second-order valence-corrected chi connectivity index (χ2v) is 6.24. The van der Waals surface area contributed by atoms with E-state index in [0.29, 0.717) is 12.0 Å². The Morgan fingerprint density at radius 2 is 1.44 bits per heavy atom. The van der Waals surface area contributed by atoms with Crippen molar-refractivity contribution in [2.45, 2.75) is 12.5 Å². The zero-order chi connectivity index (χ0) is 18.9. The van der Waals surface area contributed by atoms with Gasteiger partial charge in [0.05, 0.1) is 6.04 Å². The molecule has 0 saturated heterocycles. The van der Waals surface area contributed by atoms with E-state index in [0.717, 1.165) is 23.0 Å². The number of hydrogen-bond donors (Lipinski definition) is 1. The van der Waals surface area contributed by atoms with Crippen molar-refractivity contribution in [2.24, 2.45) is 0 Å². The van der Waals surface area contributed by atoms with E-state index in [9.17, 15) is 9.59 Å². The fourth-order valence-corrected chi connectivity index (χ4v) is 2.85. The Morgan fingerprint density at radius 3 is 2.15 bits per heavy atom. The summed E-state index contributed by atoms with van der Waals surface area (Å²) in [5.41, 5.74) is 3.42. The lowest BCUT2D eigenvalue weighted by atomic mass is 10.0. The van der Waals surface area contributed by atoms with E-state index in [-0.39, 0.29) is 5.91 Å². The average molecular weight is 355 g/mol. The van der Waals surface area contributed by atoms with Gasteiger partial charge in [0.1, 0.15) is 6.29 Å². The quantitative estimate of drug-likeness (QED) is 0.504. The smallest absolute Gasteiger partial charge is 0.252 e. The molecule has 0 spiro atoms. The lowest BCUT2D eigenvalue weighted by Gasteiger charge is -2.14. The molecule has 1 atom stereocenters. The zero-order valence-corrected chi connectivity index (χ0v) is 14.9. The fourth-order valence-electron chi connectivity index (χ4n) is 2.85. The molecule has 3 aromatic carbocycles. The van der Waals surface area contributed by atoms with Crippen LogP contribution in [-0.4, -0.2) is 18.2 Å². The summed E-state index contributed by atoms with van der Waals surface area (Å²) < 4.78 is 0. The van der Waals surface area contributed by atoms with Crippen molar-refractivity contribution in [1.82, 2.24) is 5.32 Å². The standard InChI is InChI=1S/C24H21NO2/c26-18-22(17-20-11-5-2-6-12-20)25-24(27)23-14-8-7-13-21(23)16-15-19-9-3-1-4-10-19/h1-16,18,22H,17H2,(H,25,27)/b16-15+/t22-/m0/s1. The van der Waals surface area contributed by atoms with Crippen LogP contribution < -0.4 is 5.32 Å². The van der Waals surface area contributed by atoms with Crippen LogP contribution >= 0.6 is 0 Å². The van der Waals surface area contributed by atoms with Crippen molar-refractivity contribution in [3.63, 3.8) is 0 Å². The van der Waals surface area contributed by atoms with Gasteiger partial charge in [0.2, 0.25) is 0 Å². The van der Waals surface area contributed by atoms with Crippen LogP contribution in [0, 0.1) is 0 Å². The molecule has 1 amide bonds. The highest BCUT2D eigenvalue weighted by molar-refractivity contribution is 5.99. The van der Waals surface area contributed by atoms with Gasteiger partial charge in [-0.2, -0.15) is 0 Å². The number of nitrogens with one attached hydrogen (secondary N) is 1. The van der Waals surface area contributed by atoms with E-state index in [1.807, 2.05) is 91.0 Å². The third kappa shape index (κ3) is 5.25. The molecule has 0 unspecified atom stereocenters. The molecule has 0 bridgehead atoms. The summed E-state index contributed by atoms with van der Waals surface area (Å²) in [5, 5.41) is 2.83. The van der Waals surface area contributed by atoms with Crippen molar-refractivity contribution in [3.8, 4) is 0 Å². The molecule has 3 rings (SSSR count). The first-order valence-corrected chi connectivity index (χ1v) is 8.88. The molecule has 134 valence electrons. The van der Waals surface area contributed by atoms with E-state index in [4.69, 9.17) is 0 Å². The first-order valence-electron chi connectivity index (χ1n) is 8.88. The number of rotatable bonds is 7. The largest absolute Gasteiger partial charge is 0.342 e. The Bertz CT molecular complexity index is 917. The van der Waals surface area contributed by atoms with Crippen LogP contribution in [0.3, 0.4) is 0 Å². The minimum atomic E-state index is -0.564. The molecule has 1 N–H and O–H groups in total. The summed E-state index contributed by atoms with van der Waals surface area (Å²) in [5.74, 6) is -0.253. The van der Waals surface area contributed by atoms with Gasteiger partial charge in [0, 0.05) is 5.56 Å². The molecule has 0 radical (unpaired) electrons. The molecule has 0 saturated carbocycles. The Morgan fingerprint density at radius 1 is 0.815 bits per heavy atom. The van der Waals surface area contributed by atoms with Crippen LogP contribution in [0.15, 0.2) is 84.9 Å². The van der Waals surface area contributed by atoms with Crippen LogP contribution in [-0.2, 0) is 11.2 Å². The number of hydrogen-bond acceptors (Lipinski definition) is 2. The van der Waals surface area contributed by atoms with Crippen molar-refractivity contribution in [2.75, 3.05) is 0 Å². The Balaban J connectivity index is 1.74. The van der Waals surface area contributed by atoms with Crippen LogP contribution in [0.4, 0.5) is 0 Å². The monoisotopic (exact) mass is 355 g/mol. The molecule has 27 heavy (non-hydrogen) atoms. The first kappa shape index (κ1) is 18.3. The van der Waals surface area contributed by atoms with Gasteiger partial charge in [-0.15, -0.1) is 0 Å². The topological polar surface area (TPSA) is 46.2 Å². The number of amides is 1. The highest BCUT2D eigenvalue weighted by Gasteiger charge is 2.15. The number of aldehydes is 1. The van der Waals surface area contributed by atoms with Gasteiger partial charge in [-0.05, 0) is 29.2 Å². The van der Waals surface area contributed by atoms with Gasteiger partial charge in [-0.1, -0.05) is 91.0 Å². The van der Waals surface area contributed by atoms with E-state index < -0.39 is 6.04 Å². The van der Waals surface area contributed by atoms with Crippen molar-refractivity contribution < 1.29 is 9.59 Å². The molecule has 0 aliphatic carbocycles. The van der Waals surface area contributed by atoms with Gasteiger partial charge in [-0.3, -0.25) is 4.79 Å². The number of benzene rings is 3. The second-order valence-electron chi connectivity index (χ2n) is 6.24. The third-order valence-electron chi connectivity index (χ3n) is 4.24. The molecule has 3 aromatic rings. The third-order valence-corrected chi connectivity index (χ3v) is 4.24. The molecular formula is C24H21NO2. The van der Waals surface area contributed by atoms with Crippen molar-refractivity contribution >= 4 is 24.3 Å². The van der Waals surface area contributed by atoms with Gasteiger partial charge >= 0.3 is 0 Å². The van der Waals surface area contributed by atoms with Crippen molar-refractivity contribution in [3.05, 3.63) is 107 Å². The summed E-state index contributed by atoms with van der Waals surface area (Å²) in [6, 6.07) is 26.4. The van der Waals surface area contributed by atoms with Gasteiger partial charge < -0.3 is 10.1 Å². The second kappa shape index (κ2) is 9.30. The minimum absolute atomic E-state index is 0.253. The maximum Gasteiger partial charge on any atom is 0.252 e. The van der Waals surface area contributed by atoms with Crippen molar-refractivity contribution in [1.29, 1.82) is 0 Å². The van der Waals surface area contributed by atoms with Gasteiger partial charge in [0.15, 0.2) is 0 Å². The number of carbonyl (C=O) groups excluding carboxylic acids is 2. The number of carbonyl (C=O) groups is 2. The SMILES string of the molecule is O=C[C@H](Cc1ccccc1)NC(=O)c1ccccc1/C=C/c1ccccc1. The van der Waals surface area contributed by atoms with Gasteiger partial charge in [0.25, 0.3) is 5.91 Å². The predicted molar refractivity (Wildman–Crippen MR) is 109 cm³/mol. The van der Waals surface area contributed by atoms with Gasteiger partial charge in [-0.25, -0.2) is 0 Å². The lowest BCUT2D eigenvalue weighted by molar-refractivity contribution is -0.109. The van der Waals surface area contributed by atoms with Crippen LogP contribution in [0.5, 0.6) is 0 Å². The molecule has 0 aliphatic rings. The molecule has 0 fully saturated rings. The summed E-state index contributed by atoms with van der Waals surface area (Å²) in [7, 11) is 0. The predicted octanol–water partition coefficient (Wildman–Crippen LogP) is 4.40. The summed E-state index contributed by atoms with van der Waals surface area (Å²) in [4.78, 5) is 24.2. The van der Waals surface area contributed by atoms with Crippen LogP contribution in [0.25, 0.3) is 12.2 Å². The zero-order valence-electron chi connectivity index (χ0n) is 14.9. The molecule has 3 heteroatoms. The lowest BCUT2D eigenvalue weighted by Crippen LogP contribution is -2.37. The summed E-state index contributed by atoms with van der Waals surface area (Å²) in [6.07, 6.45) is 5.13. The van der Waals surface area contributed by atoms with Crippen LogP contribution in [0.1, 0.15) is 27.0 Å². The fraction of sp³-hybridized carbons (Fsp3) is 0.0833. The maximum absolute atomic E-state index is 12.7. The molecule has 0 heterocycles. The Kier molecular flexibility index (Phi) is 6.31. The Labute approximate surface area is 159 Å². The Hall–Kier alpha value is -3.46. The van der Waals surface area contributed by atoms with Crippen LogP contribution in [0.2, 0.25) is 0 Å². The molecule has 0 aromatic heterocycles. The molecule has 3 nitrogen and oxygen atoms in total. The van der Waals surface area contributed by atoms with E-state index >= 15 is 0 Å². The normalized spacial score (nSPS) is 11.9. The molecular weight excluding hydrogens is 334 g/mol. The first-order chi connectivity index (χ1) is 13.3. The summed E-state index contributed by atoms with van der Waals surface area (Å²) >= 11 is 0. The highest BCUT2D eigenvalue weighted by Crippen LogP contribution is 2.14. The molecule has 0 aliphatic heterocycles. The van der Waals surface area contributed by atoms with E-state index in [1.54, 1.807) is 6.07 Å². The van der Waals surface area contributed by atoms with E-state index in [2.05, 4.69) is 5.32 Å². The average Bonchev–Trinajstić information content (AvgIpc) is 2.73. The highest BCUT2D eigenvalue weighted by atomic mass is 16.2. The maximum atomic E-state index is 12.7. The van der Waals surface area contributed by atoms with E-state index in [1.165, 1.54) is 0 Å². The minimum Gasteiger partial charge on any atom is -0.342 e. The summed E-state index contributed by atoms with van der Waals surface area (Å²) in [6.45, 7) is 0.